The van der Waals surface area contributed by atoms with Crippen LogP contribution in [0.2, 0.25) is 0 Å². The van der Waals surface area contributed by atoms with Crippen molar-refractivity contribution in [3.63, 3.8) is 0 Å². The summed E-state index contributed by atoms with van der Waals surface area (Å²) in [4.78, 5) is 6.46. The maximum atomic E-state index is 5.99. The number of hydrogen-bond donors (Lipinski definition) is 0. The summed E-state index contributed by atoms with van der Waals surface area (Å²) in [5.74, 6) is 0. The molecular formula is C15H14N4O. The van der Waals surface area contributed by atoms with Crippen LogP contribution in [0.4, 0.5) is 5.69 Å². The minimum Gasteiger partial charge on any atom is -0.454 e. The van der Waals surface area contributed by atoms with Crippen molar-refractivity contribution in [3.05, 3.63) is 36.7 Å². The third-order valence-corrected chi connectivity index (χ3v) is 3.62. The number of aromatic nitrogens is 1. The summed E-state index contributed by atoms with van der Waals surface area (Å²) >= 11 is 0. The van der Waals surface area contributed by atoms with Gasteiger partial charge in [-0.05, 0) is 13.0 Å². The first-order valence-corrected chi connectivity index (χ1v) is 6.68. The summed E-state index contributed by atoms with van der Waals surface area (Å²) < 4.78 is 5.99. The normalized spacial score (nSPS) is 14.8. The van der Waals surface area contributed by atoms with Crippen molar-refractivity contribution >= 4 is 34.0 Å². The summed E-state index contributed by atoms with van der Waals surface area (Å²) in [5, 5.41) is 8.45. The highest BCUT2D eigenvalue weighted by molar-refractivity contribution is 6.08. The largest absolute Gasteiger partial charge is 0.454 e. The molecule has 1 aliphatic rings. The lowest BCUT2D eigenvalue weighted by Crippen LogP contribution is -2.26. The Hall–Kier alpha value is -2.56. The number of anilines is 1. The van der Waals surface area contributed by atoms with Crippen molar-refractivity contribution in [1.82, 2.24) is 9.88 Å². The Labute approximate surface area is 116 Å². The highest BCUT2D eigenvalue weighted by atomic mass is 16.3. The maximum absolute atomic E-state index is 5.99. The van der Waals surface area contributed by atoms with Gasteiger partial charge in [-0.15, -0.1) is 0 Å². The van der Waals surface area contributed by atoms with Crippen LogP contribution in [0.3, 0.4) is 0 Å². The molecule has 20 heavy (non-hydrogen) atoms. The summed E-state index contributed by atoms with van der Waals surface area (Å²) in [6.07, 6.45) is 5.50. The van der Waals surface area contributed by atoms with Gasteiger partial charge in [0.1, 0.15) is 24.3 Å². The van der Waals surface area contributed by atoms with Gasteiger partial charge in [-0.1, -0.05) is 18.2 Å². The number of furan rings is 1. The van der Waals surface area contributed by atoms with Crippen LogP contribution in [0, 0.1) is 0 Å². The Morgan fingerprint density at radius 2 is 2.10 bits per heavy atom. The van der Waals surface area contributed by atoms with Gasteiger partial charge in [0.05, 0.1) is 6.20 Å². The van der Waals surface area contributed by atoms with Gasteiger partial charge in [0, 0.05) is 23.5 Å². The molecule has 0 radical (unpaired) electrons. The van der Waals surface area contributed by atoms with Crippen LogP contribution in [0.1, 0.15) is 6.92 Å². The van der Waals surface area contributed by atoms with Crippen molar-refractivity contribution in [2.45, 2.75) is 6.92 Å². The molecule has 1 aliphatic heterocycles. The molecule has 0 atom stereocenters. The van der Waals surface area contributed by atoms with Crippen molar-refractivity contribution in [2.24, 2.45) is 5.10 Å². The number of rotatable bonds is 2. The van der Waals surface area contributed by atoms with Gasteiger partial charge in [-0.3, -0.25) is 4.98 Å². The van der Waals surface area contributed by atoms with Crippen LogP contribution in [0.15, 0.2) is 46.2 Å². The van der Waals surface area contributed by atoms with Gasteiger partial charge < -0.3 is 9.32 Å². The number of nitrogens with zero attached hydrogens (tertiary/aromatic N) is 4. The van der Waals surface area contributed by atoms with E-state index in [1.165, 1.54) is 0 Å². The number of para-hydroxylation sites is 1. The van der Waals surface area contributed by atoms with Gasteiger partial charge in [0.15, 0.2) is 5.58 Å². The average molecular weight is 266 g/mol. The highest BCUT2D eigenvalue weighted by Crippen LogP contribution is 2.34. The molecule has 4 rings (SSSR count). The number of hydrazone groups is 1. The Morgan fingerprint density at radius 3 is 2.95 bits per heavy atom. The van der Waals surface area contributed by atoms with Crippen molar-refractivity contribution < 1.29 is 4.42 Å². The molecule has 3 heterocycles. The molecule has 0 unspecified atom stereocenters. The highest BCUT2D eigenvalue weighted by Gasteiger charge is 2.19. The van der Waals surface area contributed by atoms with E-state index in [0.29, 0.717) is 0 Å². The first-order chi connectivity index (χ1) is 9.86. The number of fused-ring (bicyclic) bond motifs is 3. The van der Waals surface area contributed by atoms with Crippen molar-refractivity contribution in [3.8, 4) is 0 Å². The van der Waals surface area contributed by atoms with Gasteiger partial charge >= 0.3 is 0 Å². The summed E-state index contributed by atoms with van der Waals surface area (Å²) in [7, 11) is 0. The molecular weight excluding hydrogens is 252 g/mol. The van der Waals surface area contributed by atoms with E-state index in [9.17, 15) is 0 Å². The van der Waals surface area contributed by atoms with Gasteiger partial charge in [-0.2, -0.15) is 5.10 Å². The number of pyridine rings is 1. The van der Waals surface area contributed by atoms with Gasteiger partial charge in [-0.25, -0.2) is 5.01 Å². The molecule has 5 nitrogen and oxygen atoms in total. The lowest BCUT2D eigenvalue weighted by molar-refractivity contribution is 0.480. The molecule has 2 aromatic heterocycles. The van der Waals surface area contributed by atoms with E-state index in [1.807, 2.05) is 35.7 Å². The number of hydrogen-bond acceptors (Lipinski definition) is 5. The zero-order chi connectivity index (χ0) is 13.5. The predicted octanol–water partition coefficient (Wildman–Crippen LogP) is 3.02. The molecule has 0 aliphatic carbocycles. The molecule has 5 heteroatoms. The summed E-state index contributed by atoms with van der Waals surface area (Å²) in [5.41, 5.74) is 2.63. The second kappa shape index (κ2) is 4.23. The third-order valence-electron chi connectivity index (χ3n) is 3.62. The van der Waals surface area contributed by atoms with E-state index in [2.05, 4.69) is 28.0 Å². The lowest BCUT2D eigenvalue weighted by Gasteiger charge is -2.17. The molecule has 0 bridgehead atoms. The molecule has 0 amide bonds. The van der Waals surface area contributed by atoms with Crippen LogP contribution < -0.4 is 5.01 Å². The Kier molecular flexibility index (Phi) is 2.39. The Morgan fingerprint density at radius 1 is 1.20 bits per heavy atom. The van der Waals surface area contributed by atoms with Crippen LogP contribution in [-0.4, -0.2) is 29.4 Å². The standard InChI is InChI=1S/C15H14N4O/c1-2-18-9-17-19(10-18)13-8-16-7-12-11-5-3-4-6-14(11)20-15(12)13/h3-9H,2,10H2,1H3. The van der Waals surface area contributed by atoms with Crippen LogP contribution in [-0.2, 0) is 0 Å². The minimum atomic E-state index is 0.730. The quantitative estimate of drug-likeness (QED) is 0.715. The maximum Gasteiger partial charge on any atom is 0.163 e. The third kappa shape index (κ3) is 1.56. The van der Waals surface area contributed by atoms with Crippen LogP contribution in [0.25, 0.3) is 21.9 Å². The SMILES string of the molecule is CCN1C=NN(c2cncc3c2oc2ccccc23)C1. The number of benzene rings is 1. The van der Waals surface area contributed by atoms with Crippen molar-refractivity contribution in [1.29, 1.82) is 0 Å². The fourth-order valence-corrected chi connectivity index (χ4v) is 2.51. The smallest absolute Gasteiger partial charge is 0.163 e. The fourth-order valence-electron chi connectivity index (χ4n) is 2.51. The average Bonchev–Trinajstić information content (AvgIpc) is 3.11. The second-order valence-corrected chi connectivity index (χ2v) is 4.81. The first-order valence-electron chi connectivity index (χ1n) is 6.68. The molecule has 0 N–H and O–H groups in total. The fraction of sp³-hybridized carbons (Fsp3) is 0.200. The van der Waals surface area contributed by atoms with E-state index in [4.69, 9.17) is 4.42 Å². The first kappa shape index (κ1) is 11.3. The van der Waals surface area contributed by atoms with E-state index in [1.54, 1.807) is 6.20 Å². The van der Waals surface area contributed by atoms with Gasteiger partial charge in [0.25, 0.3) is 0 Å². The molecule has 1 aromatic carbocycles. The molecule has 0 saturated carbocycles. The van der Waals surface area contributed by atoms with E-state index in [-0.39, 0.29) is 0 Å². The zero-order valence-corrected chi connectivity index (χ0v) is 11.2. The van der Waals surface area contributed by atoms with E-state index in [0.717, 1.165) is 40.8 Å². The van der Waals surface area contributed by atoms with E-state index < -0.39 is 0 Å². The molecule has 0 spiro atoms. The van der Waals surface area contributed by atoms with Crippen molar-refractivity contribution in [2.75, 3.05) is 18.2 Å². The predicted molar refractivity (Wildman–Crippen MR) is 79.7 cm³/mol. The molecule has 3 aromatic rings. The summed E-state index contributed by atoms with van der Waals surface area (Å²) in [6, 6.07) is 8.02. The Bertz CT molecular complexity index is 808. The van der Waals surface area contributed by atoms with Gasteiger partial charge in [0.2, 0.25) is 0 Å². The molecule has 0 saturated heterocycles. The topological polar surface area (TPSA) is 44.9 Å². The minimum absolute atomic E-state index is 0.730. The molecule has 0 fully saturated rings. The lowest BCUT2D eigenvalue weighted by atomic mass is 10.2. The summed E-state index contributed by atoms with van der Waals surface area (Å²) in [6.45, 7) is 3.77. The monoisotopic (exact) mass is 266 g/mol. The zero-order valence-electron chi connectivity index (χ0n) is 11.2. The van der Waals surface area contributed by atoms with E-state index >= 15 is 0 Å². The van der Waals surface area contributed by atoms with Crippen LogP contribution in [0.5, 0.6) is 0 Å². The Balaban J connectivity index is 1.90. The second-order valence-electron chi connectivity index (χ2n) is 4.81. The van der Waals surface area contributed by atoms with Crippen LogP contribution >= 0.6 is 0 Å². The molecule has 100 valence electrons.